The first-order valence-corrected chi connectivity index (χ1v) is 13.3. The summed E-state index contributed by atoms with van der Waals surface area (Å²) in [6.45, 7) is 5.47. The summed E-state index contributed by atoms with van der Waals surface area (Å²) in [4.78, 5) is 9.33. The number of aromatic hydroxyl groups is 1. The minimum atomic E-state index is -4.58. The SMILES string of the molecule is CN1CCN(CCNc2nc(O)c(C(Cc3ccc(Cl)cc3C(F)(F)F)=c3ccc4c(c3)C=NN=4)s2)CC1. The van der Waals surface area contributed by atoms with Gasteiger partial charge in [-0.25, -0.2) is 0 Å². The van der Waals surface area contributed by atoms with Gasteiger partial charge in [-0.1, -0.05) is 35.1 Å². The third kappa shape index (κ3) is 6.01. The Morgan fingerprint density at radius 2 is 1.92 bits per heavy atom. The Balaban J connectivity index is 1.48. The van der Waals surface area contributed by atoms with Crippen molar-refractivity contribution in [2.75, 3.05) is 51.6 Å². The molecular weight excluding hydrogens is 537 g/mol. The van der Waals surface area contributed by atoms with E-state index in [-0.39, 0.29) is 22.9 Å². The number of benzene rings is 2. The molecular formula is C26H26ClF3N6OS. The first-order valence-electron chi connectivity index (χ1n) is 12.1. The van der Waals surface area contributed by atoms with E-state index in [4.69, 9.17) is 11.6 Å². The van der Waals surface area contributed by atoms with Gasteiger partial charge in [-0.05, 0) is 47.7 Å². The number of likely N-dealkylation sites (N-methyl/N-ethyl adjacent to an activating group) is 1. The number of nitrogens with one attached hydrogen (secondary N) is 1. The molecule has 0 radical (unpaired) electrons. The van der Waals surface area contributed by atoms with Crippen LogP contribution in [0.1, 0.15) is 21.6 Å². The highest BCUT2D eigenvalue weighted by atomic mass is 35.5. The van der Waals surface area contributed by atoms with E-state index < -0.39 is 11.7 Å². The van der Waals surface area contributed by atoms with Gasteiger partial charge in [0.2, 0.25) is 5.88 Å². The first kappa shape index (κ1) is 26.6. The van der Waals surface area contributed by atoms with Gasteiger partial charge in [0.1, 0.15) is 0 Å². The number of fused-ring (bicyclic) bond motifs is 1. The smallest absolute Gasteiger partial charge is 0.416 e. The molecule has 1 fully saturated rings. The van der Waals surface area contributed by atoms with Crippen molar-refractivity contribution in [2.24, 2.45) is 10.2 Å². The average Bonchev–Trinajstić information content (AvgIpc) is 3.49. The van der Waals surface area contributed by atoms with Gasteiger partial charge in [0.15, 0.2) is 5.13 Å². The Labute approximate surface area is 226 Å². The fraction of sp³-hybridized carbons (Fsp3) is 0.346. The minimum absolute atomic E-state index is 0.00505. The molecule has 0 atom stereocenters. The molecule has 2 N–H and O–H groups in total. The predicted octanol–water partition coefficient (Wildman–Crippen LogP) is 3.59. The van der Waals surface area contributed by atoms with E-state index in [1.165, 1.54) is 23.5 Å². The molecule has 5 rings (SSSR count). The fourth-order valence-corrected chi connectivity index (χ4v) is 5.66. The molecule has 12 heteroatoms. The number of thiazole rings is 1. The topological polar surface area (TPSA) is 76.3 Å². The van der Waals surface area contributed by atoms with E-state index in [2.05, 4.69) is 37.4 Å². The molecule has 3 aromatic rings. The zero-order valence-corrected chi connectivity index (χ0v) is 22.2. The molecule has 0 aliphatic carbocycles. The van der Waals surface area contributed by atoms with Crippen LogP contribution in [-0.4, -0.2) is 72.4 Å². The molecule has 2 aromatic carbocycles. The molecule has 3 heterocycles. The highest BCUT2D eigenvalue weighted by Crippen LogP contribution is 2.38. The number of halogens is 4. The first-order chi connectivity index (χ1) is 18.2. The summed E-state index contributed by atoms with van der Waals surface area (Å²) in [6, 6.07) is 9.10. The summed E-state index contributed by atoms with van der Waals surface area (Å²) >= 11 is 7.12. The number of nitrogens with zero attached hydrogens (tertiary/aromatic N) is 5. The zero-order valence-electron chi connectivity index (χ0n) is 20.6. The maximum absolute atomic E-state index is 13.9. The van der Waals surface area contributed by atoms with Gasteiger partial charge < -0.3 is 15.3 Å². The van der Waals surface area contributed by atoms with Crippen LogP contribution in [0.5, 0.6) is 5.88 Å². The van der Waals surface area contributed by atoms with Gasteiger partial charge in [-0.15, -0.1) is 0 Å². The lowest BCUT2D eigenvalue weighted by atomic mass is 9.96. The molecule has 200 valence electrons. The quantitative estimate of drug-likeness (QED) is 0.460. The Hall–Kier alpha value is -2.99. The van der Waals surface area contributed by atoms with E-state index in [1.807, 2.05) is 6.07 Å². The summed E-state index contributed by atoms with van der Waals surface area (Å²) in [5.74, 6) is -0.228. The summed E-state index contributed by atoms with van der Waals surface area (Å²) in [5, 5.41) is 23.9. The van der Waals surface area contributed by atoms with Crippen LogP contribution in [0.2, 0.25) is 5.02 Å². The maximum Gasteiger partial charge on any atom is 0.416 e. The number of hydrogen-bond donors (Lipinski definition) is 2. The van der Waals surface area contributed by atoms with Crippen LogP contribution in [-0.2, 0) is 12.6 Å². The lowest BCUT2D eigenvalue weighted by Crippen LogP contribution is -2.45. The Kier molecular flexibility index (Phi) is 7.71. The molecule has 0 unspecified atom stereocenters. The summed E-state index contributed by atoms with van der Waals surface area (Å²) < 4.78 is 41.7. The van der Waals surface area contributed by atoms with Gasteiger partial charge in [-0.3, -0.25) is 4.90 Å². The monoisotopic (exact) mass is 562 g/mol. The van der Waals surface area contributed by atoms with Crippen molar-refractivity contribution in [3.05, 3.63) is 73.6 Å². The highest BCUT2D eigenvalue weighted by Gasteiger charge is 2.34. The second-order valence-corrected chi connectivity index (χ2v) is 10.8. The summed E-state index contributed by atoms with van der Waals surface area (Å²) in [7, 11) is 2.10. The lowest BCUT2D eigenvalue weighted by molar-refractivity contribution is -0.138. The third-order valence-electron chi connectivity index (χ3n) is 6.67. The van der Waals surface area contributed by atoms with Crippen LogP contribution >= 0.6 is 22.9 Å². The van der Waals surface area contributed by atoms with Gasteiger partial charge in [-0.2, -0.15) is 28.4 Å². The van der Waals surface area contributed by atoms with Crippen molar-refractivity contribution >= 4 is 39.9 Å². The Bertz CT molecular complexity index is 1480. The number of anilines is 1. The van der Waals surface area contributed by atoms with Crippen LogP contribution in [0, 0.1) is 0 Å². The van der Waals surface area contributed by atoms with Crippen LogP contribution in [0.4, 0.5) is 18.3 Å². The third-order valence-corrected chi connectivity index (χ3v) is 7.96. The maximum atomic E-state index is 13.9. The number of hydrogen-bond acceptors (Lipinski definition) is 8. The van der Waals surface area contributed by atoms with E-state index in [0.29, 0.717) is 32.7 Å². The lowest BCUT2D eigenvalue weighted by Gasteiger charge is -2.32. The molecule has 1 saturated heterocycles. The normalized spacial score (nSPS) is 16.9. The molecule has 0 spiro atoms. The van der Waals surface area contributed by atoms with E-state index in [0.717, 1.165) is 44.4 Å². The molecule has 2 aliphatic rings. The van der Waals surface area contributed by atoms with Crippen molar-refractivity contribution in [3.8, 4) is 5.88 Å². The van der Waals surface area contributed by atoms with Crippen molar-refractivity contribution in [1.82, 2.24) is 14.8 Å². The molecule has 1 aromatic heterocycles. The van der Waals surface area contributed by atoms with Gasteiger partial charge in [0, 0.05) is 56.3 Å². The van der Waals surface area contributed by atoms with Crippen molar-refractivity contribution in [2.45, 2.75) is 12.6 Å². The van der Waals surface area contributed by atoms with Crippen LogP contribution in [0.25, 0.3) is 5.57 Å². The fourth-order valence-electron chi connectivity index (χ4n) is 4.54. The van der Waals surface area contributed by atoms with Gasteiger partial charge in [0.25, 0.3) is 0 Å². The molecule has 7 nitrogen and oxygen atoms in total. The van der Waals surface area contributed by atoms with Crippen LogP contribution in [0.3, 0.4) is 0 Å². The highest BCUT2D eigenvalue weighted by molar-refractivity contribution is 7.16. The summed E-state index contributed by atoms with van der Waals surface area (Å²) in [5.41, 5.74) is 0.507. The standard InChI is InChI=1S/C26H26ClF3N6OS/c1-35-8-10-36(11-9-35)7-6-31-25-33-24(37)23(38-25)20(16-3-5-22-18(12-16)15-32-34-22)13-17-2-4-19(27)14-21(17)26(28,29)30/h2-5,12,14-15,37H,6-11,13H2,1H3,(H,31,33). The van der Waals surface area contributed by atoms with Crippen LogP contribution in [0.15, 0.2) is 46.6 Å². The molecule has 2 aliphatic heterocycles. The van der Waals surface area contributed by atoms with Crippen LogP contribution < -0.4 is 15.9 Å². The number of piperazine rings is 1. The number of alkyl halides is 3. The van der Waals surface area contributed by atoms with Gasteiger partial charge in [0.05, 0.1) is 22.0 Å². The Morgan fingerprint density at radius 1 is 1.13 bits per heavy atom. The van der Waals surface area contributed by atoms with E-state index >= 15 is 0 Å². The second-order valence-electron chi connectivity index (χ2n) is 9.32. The summed E-state index contributed by atoms with van der Waals surface area (Å²) in [6.07, 6.45) is -3.08. The molecule has 0 saturated carbocycles. The predicted molar refractivity (Wildman–Crippen MR) is 144 cm³/mol. The molecule has 0 bridgehead atoms. The largest absolute Gasteiger partial charge is 0.492 e. The number of aromatic nitrogens is 1. The zero-order chi connectivity index (χ0) is 26.9. The Morgan fingerprint density at radius 3 is 2.68 bits per heavy atom. The average molecular weight is 563 g/mol. The van der Waals surface area contributed by atoms with Gasteiger partial charge >= 0.3 is 6.18 Å². The van der Waals surface area contributed by atoms with E-state index in [1.54, 1.807) is 18.3 Å². The molecule has 0 amide bonds. The van der Waals surface area contributed by atoms with Crippen molar-refractivity contribution < 1.29 is 18.3 Å². The van der Waals surface area contributed by atoms with Crippen molar-refractivity contribution in [3.63, 3.8) is 0 Å². The second kappa shape index (κ2) is 11.0. The minimum Gasteiger partial charge on any atom is -0.492 e. The van der Waals surface area contributed by atoms with Crippen molar-refractivity contribution in [1.29, 1.82) is 0 Å². The van der Waals surface area contributed by atoms with E-state index in [9.17, 15) is 18.3 Å². The molecule has 38 heavy (non-hydrogen) atoms. The number of rotatable bonds is 7.